The average molecular weight is 312 g/mol. The second-order valence-corrected chi connectivity index (χ2v) is 7.38. The van der Waals surface area contributed by atoms with Gasteiger partial charge in [-0.2, -0.15) is 0 Å². The van der Waals surface area contributed by atoms with E-state index in [1.54, 1.807) is 0 Å². The highest BCUT2D eigenvalue weighted by molar-refractivity contribution is 5.81. The van der Waals surface area contributed by atoms with Crippen molar-refractivity contribution in [3.05, 3.63) is 0 Å². The zero-order valence-electron chi connectivity index (χ0n) is 14.7. The monoisotopic (exact) mass is 312 g/mol. The highest BCUT2D eigenvalue weighted by Gasteiger charge is 2.37. The fourth-order valence-corrected chi connectivity index (χ4v) is 3.52. The van der Waals surface area contributed by atoms with Gasteiger partial charge in [0.15, 0.2) is 0 Å². The molecule has 2 aliphatic heterocycles. The SMILES string of the molecule is CC(C)[C@H](OC[C@@H]1CCCO1)C(=O)N1C[C@H](C)[C@@H](N(C)C)C1. The summed E-state index contributed by atoms with van der Waals surface area (Å²) in [6, 6.07) is 0.440. The maximum atomic E-state index is 12.8. The summed E-state index contributed by atoms with van der Waals surface area (Å²) in [5.41, 5.74) is 0. The van der Waals surface area contributed by atoms with Crippen LogP contribution in [0.5, 0.6) is 0 Å². The molecule has 4 atom stereocenters. The van der Waals surface area contributed by atoms with Crippen molar-refractivity contribution in [1.82, 2.24) is 9.80 Å². The van der Waals surface area contributed by atoms with Crippen LogP contribution in [0.3, 0.4) is 0 Å². The smallest absolute Gasteiger partial charge is 0.252 e. The van der Waals surface area contributed by atoms with E-state index in [0.717, 1.165) is 32.5 Å². The van der Waals surface area contributed by atoms with Gasteiger partial charge in [-0.05, 0) is 38.8 Å². The van der Waals surface area contributed by atoms with Gasteiger partial charge in [-0.1, -0.05) is 20.8 Å². The van der Waals surface area contributed by atoms with Crippen LogP contribution in [0.1, 0.15) is 33.6 Å². The summed E-state index contributed by atoms with van der Waals surface area (Å²) in [6.07, 6.45) is 1.96. The molecule has 128 valence electrons. The van der Waals surface area contributed by atoms with E-state index >= 15 is 0 Å². The van der Waals surface area contributed by atoms with Crippen molar-refractivity contribution in [1.29, 1.82) is 0 Å². The molecule has 0 aromatic rings. The fraction of sp³-hybridized carbons (Fsp3) is 0.941. The van der Waals surface area contributed by atoms with E-state index < -0.39 is 0 Å². The molecule has 1 amide bonds. The van der Waals surface area contributed by atoms with Gasteiger partial charge >= 0.3 is 0 Å². The van der Waals surface area contributed by atoms with E-state index in [-0.39, 0.29) is 24.0 Å². The lowest BCUT2D eigenvalue weighted by molar-refractivity contribution is -0.148. The number of nitrogens with zero attached hydrogens (tertiary/aromatic N) is 2. The molecule has 0 bridgehead atoms. The van der Waals surface area contributed by atoms with E-state index in [0.29, 0.717) is 18.6 Å². The van der Waals surface area contributed by atoms with Crippen LogP contribution in [0.2, 0.25) is 0 Å². The summed E-state index contributed by atoms with van der Waals surface area (Å²) in [5.74, 6) is 0.830. The Morgan fingerprint density at radius 3 is 2.59 bits per heavy atom. The third-order valence-corrected chi connectivity index (χ3v) is 4.88. The first-order valence-corrected chi connectivity index (χ1v) is 8.58. The predicted molar refractivity (Wildman–Crippen MR) is 86.8 cm³/mol. The number of likely N-dealkylation sites (tertiary alicyclic amines) is 1. The Kier molecular flexibility index (Phi) is 6.24. The molecule has 5 heteroatoms. The molecule has 0 saturated carbocycles. The van der Waals surface area contributed by atoms with Crippen LogP contribution < -0.4 is 0 Å². The molecular formula is C17H32N2O3. The Morgan fingerprint density at radius 1 is 1.36 bits per heavy atom. The summed E-state index contributed by atoms with van der Waals surface area (Å²) >= 11 is 0. The predicted octanol–water partition coefficient (Wildman–Crippen LogP) is 1.62. The largest absolute Gasteiger partial charge is 0.376 e. The van der Waals surface area contributed by atoms with E-state index in [4.69, 9.17) is 9.47 Å². The third kappa shape index (κ3) is 4.21. The zero-order valence-corrected chi connectivity index (χ0v) is 14.7. The molecule has 2 heterocycles. The second kappa shape index (κ2) is 7.75. The van der Waals surface area contributed by atoms with Crippen molar-refractivity contribution >= 4 is 5.91 Å². The Balaban J connectivity index is 1.91. The number of rotatable bonds is 6. The lowest BCUT2D eigenvalue weighted by atomic mass is 10.1. The molecule has 0 aliphatic carbocycles. The summed E-state index contributed by atoms with van der Waals surface area (Å²) < 4.78 is 11.6. The van der Waals surface area contributed by atoms with Crippen LogP contribution in [0.15, 0.2) is 0 Å². The summed E-state index contributed by atoms with van der Waals surface area (Å²) in [6.45, 7) is 9.32. The Morgan fingerprint density at radius 2 is 2.09 bits per heavy atom. The van der Waals surface area contributed by atoms with Gasteiger partial charge < -0.3 is 19.3 Å². The molecule has 0 unspecified atom stereocenters. The highest BCUT2D eigenvalue weighted by Crippen LogP contribution is 2.23. The number of ether oxygens (including phenoxy) is 2. The normalized spacial score (nSPS) is 30.5. The van der Waals surface area contributed by atoms with Crippen molar-refractivity contribution in [3.63, 3.8) is 0 Å². The molecule has 5 nitrogen and oxygen atoms in total. The van der Waals surface area contributed by atoms with Crippen molar-refractivity contribution in [2.24, 2.45) is 11.8 Å². The minimum atomic E-state index is -0.350. The fourth-order valence-electron chi connectivity index (χ4n) is 3.52. The summed E-state index contributed by atoms with van der Waals surface area (Å²) in [5, 5.41) is 0. The first kappa shape index (κ1) is 17.7. The molecule has 0 radical (unpaired) electrons. The maximum Gasteiger partial charge on any atom is 0.252 e. The molecule has 22 heavy (non-hydrogen) atoms. The molecule has 0 aromatic heterocycles. The molecule has 0 N–H and O–H groups in total. The number of amides is 1. The standard InChI is InChI=1S/C17H32N2O3/c1-12(2)16(22-11-14-7-6-8-21-14)17(20)19-9-13(3)15(10-19)18(4)5/h12-16H,6-11H2,1-5H3/t13-,14-,15-,16-/m0/s1. The van der Waals surface area contributed by atoms with Crippen LogP contribution in [-0.2, 0) is 14.3 Å². The van der Waals surface area contributed by atoms with Crippen molar-refractivity contribution in [2.45, 2.75) is 51.9 Å². The van der Waals surface area contributed by atoms with Gasteiger partial charge in [-0.15, -0.1) is 0 Å². The van der Waals surface area contributed by atoms with Crippen LogP contribution in [0, 0.1) is 11.8 Å². The van der Waals surface area contributed by atoms with E-state index in [1.807, 2.05) is 4.90 Å². The molecular weight excluding hydrogens is 280 g/mol. The number of hydrogen-bond donors (Lipinski definition) is 0. The number of carbonyl (C=O) groups excluding carboxylic acids is 1. The van der Waals surface area contributed by atoms with Gasteiger partial charge in [-0.25, -0.2) is 0 Å². The van der Waals surface area contributed by atoms with Gasteiger partial charge in [0, 0.05) is 25.7 Å². The van der Waals surface area contributed by atoms with Crippen molar-refractivity contribution in [2.75, 3.05) is 40.4 Å². The number of hydrogen-bond acceptors (Lipinski definition) is 4. The van der Waals surface area contributed by atoms with Gasteiger partial charge in [0.2, 0.25) is 0 Å². The molecule has 2 fully saturated rings. The van der Waals surface area contributed by atoms with Gasteiger partial charge in [-0.3, -0.25) is 4.79 Å². The van der Waals surface area contributed by atoms with Crippen LogP contribution in [0.4, 0.5) is 0 Å². The van der Waals surface area contributed by atoms with E-state index in [9.17, 15) is 4.79 Å². The lowest BCUT2D eigenvalue weighted by Crippen LogP contribution is -2.44. The molecule has 2 saturated heterocycles. The minimum Gasteiger partial charge on any atom is -0.376 e. The van der Waals surface area contributed by atoms with E-state index in [2.05, 4.69) is 39.8 Å². The van der Waals surface area contributed by atoms with Crippen LogP contribution in [-0.4, -0.2) is 74.4 Å². The molecule has 2 aliphatic rings. The van der Waals surface area contributed by atoms with Gasteiger partial charge in [0.05, 0.1) is 12.7 Å². The van der Waals surface area contributed by atoms with Crippen molar-refractivity contribution < 1.29 is 14.3 Å². The van der Waals surface area contributed by atoms with E-state index in [1.165, 1.54) is 0 Å². The highest BCUT2D eigenvalue weighted by atomic mass is 16.5. The molecule has 0 spiro atoms. The lowest BCUT2D eigenvalue weighted by Gasteiger charge is -2.27. The quantitative estimate of drug-likeness (QED) is 0.747. The zero-order chi connectivity index (χ0) is 16.3. The first-order chi connectivity index (χ1) is 10.4. The third-order valence-electron chi connectivity index (χ3n) is 4.88. The van der Waals surface area contributed by atoms with Gasteiger partial charge in [0.25, 0.3) is 5.91 Å². The second-order valence-electron chi connectivity index (χ2n) is 7.38. The average Bonchev–Trinajstić information content (AvgIpc) is 3.07. The van der Waals surface area contributed by atoms with Gasteiger partial charge in [0.1, 0.15) is 6.10 Å². The van der Waals surface area contributed by atoms with Crippen molar-refractivity contribution in [3.8, 4) is 0 Å². The van der Waals surface area contributed by atoms with Crippen LogP contribution in [0.25, 0.3) is 0 Å². The molecule has 2 rings (SSSR count). The first-order valence-electron chi connectivity index (χ1n) is 8.58. The Hall–Kier alpha value is -0.650. The summed E-state index contributed by atoms with van der Waals surface area (Å²) in [7, 11) is 4.17. The minimum absolute atomic E-state index is 0.143. The topological polar surface area (TPSA) is 42.0 Å². The number of carbonyl (C=O) groups is 1. The van der Waals surface area contributed by atoms with Crippen LogP contribution >= 0.6 is 0 Å². The summed E-state index contributed by atoms with van der Waals surface area (Å²) in [4.78, 5) is 17.0. The number of likely N-dealkylation sites (N-methyl/N-ethyl adjacent to an activating group) is 1. The Bertz CT molecular complexity index is 367. The Labute approximate surface area is 134 Å². The maximum absolute atomic E-state index is 12.8. The molecule has 0 aromatic carbocycles.